The number of nitrogens with zero attached hydrogens (tertiary/aromatic N) is 1. The predicted octanol–water partition coefficient (Wildman–Crippen LogP) is 4.40. The number of ether oxygens (including phenoxy) is 1. The van der Waals surface area contributed by atoms with E-state index in [1.54, 1.807) is 38.1 Å². The molecule has 3 aromatic rings. The summed E-state index contributed by atoms with van der Waals surface area (Å²) >= 11 is 0. The number of carbonyl (C=O) groups is 3. The van der Waals surface area contributed by atoms with Gasteiger partial charge in [0.2, 0.25) is 0 Å². The highest BCUT2D eigenvalue weighted by Crippen LogP contribution is 2.28. The second-order valence-electron chi connectivity index (χ2n) is 7.48. The van der Waals surface area contributed by atoms with Crippen molar-refractivity contribution in [3.63, 3.8) is 0 Å². The molecule has 33 heavy (non-hydrogen) atoms. The molecule has 0 radical (unpaired) electrons. The lowest BCUT2D eigenvalue weighted by Gasteiger charge is -2.27. The first-order valence-corrected chi connectivity index (χ1v) is 10.9. The van der Waals surface area contributed by atoms with Gasteiger partial charge in [0, 0.05) is 11.1 Å². The zero-order valence-electron chi connectivity index (χ0n) is 18.7. The van der Waals surface area contributed by atoms with Crippen molar-refractivity contribution in [3.05, 3.63) is 101 Å². The maximum absolute atomic E-state index is 13.4. The first-order chi connectivity index (χ1) is 16.0. The SMILES string of the molecule is CCOC(=O)c1ccc(C(=O)c2ccccc2)c(N(Cc2ccccc2)C(=O)C(O)CC)c1. The van der Waals surface area contributed by atoms with E-state index in [0.717, 1.165) is 5.56 Å². The minimum absolute atomic E-state index is 0.123. The van der Waals surface area contributed by atoms with Crippen LogP contribution in [-0.4, -0.2) is 35.5 Å². The summed E-state index contributed by atoms with van der Waals surface area (Å²) in [4.78, 5) is 40.4. The third-order valence-corrected chi connectivity index (χ3v) is 5.20. The fourth-order valence-corrected chi connectivity index (χ4v) is 3.44. The number of aliphatic hydroxyl groups excluding tert-OH is 1. The average Bonchev–Trinajstić information content (AvgIpc) is 2.87. The van der Waals surface area contributed by atoms with Crippen LogP contribution < -0.4 is 4.90 Å². The second-order valence-corrected chi connectivity index (χ2v) is 7.48. The number of rotatable bonds is 9. The van der Waals surface area contributed by atoms with E-state index in [1.807, 2.05) is 36.4 Å². The van der Waals surface area contributed by atoms with Crippen molar-refractivity contribution in [2.24, 2.45) is 0 Å². The van der Waals surface area contributed by atoms with Crippen molar-refractivity contribution < 1.29 is 24.2 Å². The summed E-state index contributed by atoms with van der Waals surface area (Å²) in [6, 6.07) is 22.5. The Morgan fingerprint density at radius 2 is 1.52 bits per heavy atom. The Labute approximate surface area is 193 Å². The monoisotopic (exact) mass is 445 g/mol. The molecule has 6 nitrogen and oxygen atoms in total. The molecule has 0 saturated carbocycles. The summed E-state index contributed by atoms with van der Waals surface area (Å²) in [6.45, 7) is 3.72. The number of amides is 1. The van der Waals surface area contributed by atoms with E-state index >= 15 is 0 Å². The number of esters is 1. The van der Waals surface area contributed by atoms with Crippen LogP contribution in [0.15, 0.2) is 78.9 Å². The number of ketones is 1. The van der Waals surface area contributed by atoms with Gasteiger partial charge < -0.3 is 14.7 Å². The first-order valence-electron chi connectivity index (χ1n) is 10.9. The molecule has 3 aromatic carbocycles. The third-order valence-electron chi connectivity index (χ3n) is 5.20. The van der Waals surface area contributed by atoms with Gasteiger partial charge in [0.05, 0.1) is 24.4 Å². The topological polar surface area (TPSA) is 83.9 Å². The van der Waals surface area contributed by atoms with Crippen LogP contribution in [-0.2, 0) is 16.1 Å². The number of hydrogen-bond acceptors (Lipinski definition) is 5. The highest BCUT2D eigenvalue weighted by Gasteiger charge is 2.28. The van der Waals surface area contributed by atoms with Crippen LogP contribution in [0.3, 0.4) is 0 Å². The van der Waals surface area contributed by atoms with Gasteiger partial charge >= 0.3 is 5.97 Å². The quantitative estimate of drug-likeness (QED) is 0.390. The van der Waals surface area contributed by atoms with Gasteiger partial charge in [-0.25, -0.2) is 4.79 Å². The van der Waals surface area contributed by atoms with Crippen LogP contribution in [0.25, 0.3) is 0 Å². The van der Waals surface area contributed by atoms with Crippen molar-refractivity contribution in [3.8, 4) is 0 Å². The van der Waals surface area contributed by atoms with Crippen LogP contribution in [0.5, 0.6) is 0 Å². The summed E-state index contributed by atoms with van der Waals surface area (Å²) in [6.07, 6.45) is -1.04. The molecule has 0 bridgehead atoms. The molecule has 170 valence electrons. The Hall–Kier alpha value is -3.77. The Bertz CT molecular complexity index is 1110. The molecule has 1 amide bonds. The summed E-state index contributed by atoms with van der Waals surface area (Å²) in [5.74, 6) is -1.40. The molecule has 0 spiro atoms. The Balaban J connectivity index is 2.17. The van der Waals surface area contributed by atoms with Gasteiger partial charge in [0.1, 0.15) is 6.10 Å². The van der Waals surface area contributed by atoms with Gasteiger partial charge in [-0.2, -0.15) is 0 Å². The molecule has 1 unspecified atom stereocenters. The fourth-order valence-electron chi connectivity index (χ4n) is 3.44. The second kappa shape index (κ2) is 11.2. The minimum atomic E-state index is -1.25. The van der Waals surface area contributed by atoms with Crippen LogP contribution in [0, 0.1) is 0 Å². The minimum Gasteiger partial charge on any atom is -0.462 e. The lowest BCUT2D eigenvalue weighted by atomic mass is 9.98. The van der Waals surface area contributed by atoms with Crippen LogP contribution in [0.2, 0.25) is 0 Å². The number of anilines is 1. The normalized spacial score (nSPS) is 11.5. The first kappa shape index (κ1) is 23.9. The molecular formula is C27H27NO5. The van der Waals surface area contributed by atoms with Crippen LogP contribution in [0.1, 0.15) is 52.1 Å². The third kappa shape index (κ3) is 5.73. The Morgan fingerprint density at radius 1 is 0.879 bits per heavy atom. The Morgan fingerprint density at radius 3 is 2.12 bits per heavy atom. The molecule has 0 saturated heterocycles. The number of aliphatic hydroxyl groups is 1. The van der Waals surface area contributed by atoms with Gasteiger partial charge in [-0.3, -0.25) is 9.59 Å². The van der Waals surface area contributed by atoms with E-state index in [9.17, 15) is 19.5 Å². The van der Waals surface area contributed by atoms with Gasteiger partial charge in [-0.1, -0.05) is 67.6 Å². The lowest BCUT2D eigenvalue weighted by molar-refractivity contribution is -0.126. The summed E-state index contributed by atoms with van der Waals surface area (Å²) in [5, 5.41) is 10.4. The van der Waals surface area contributed by atoms with Crippen molar-refractivity contribution in [1.29, 1.82) is 0 Å². The number of carbonyl (C=O) groups excluding carboxylic acids is 3. The maximum atomic E-state index is 13.4. The highest BCUT2D eigenvalue weighted by atomic mass is 16.5. The van der Waals surface area contributed by atoms with Gasteiger partial charge in [-0.15, -0.1) is 0 Å². The smallest absolute Gasteiger partial charge is 0.338 e. The van der Waals surface area contributed by atoms with Crippen molar-refractivity contribution >= 4 is 23.3 Å². The molecule has 0 heterocycles. The van der Waals surface area contributed by atoms with E-state index in [0.29, 0.717) is 5.56 Å². The van der Waals surface area contributed by atoms with E-state index in [2.05, 4.69) is 0 Å². The lowest BCUT2D eigenvalue weighted by Crippen LogP contribution is -2.39. The summed E-state index contributed by atoms with van der Waals surface area (Å²) < 4.78 is 5.12. The fraction of sp³-hybridized carbons (Fsp3) is 0.222. The van der Waals surface area contributed by atoms with Crippen molar-refractivity contribution in [2.75, 3.05) is 11.5 Å². The van der Waals surface area contributed by atoms with Crippen molar-refractivity contribution in [2.45, 2.75) is 32.9 Å². The maximum Gasteiger partial charge on any atom is 0.338 e. The van der Waals surface area contributed by atoms with Crippen LogP contribution in [0.4, 0.5) is 5.69 Å². The zero-order valence-corrected chi connectivity index (χ0v) is 18.7. The molecule has 0 aliphatic heterocycles. The van der Waals surface area contributed by atoms with Crippen molar-refractivity contribution in [1.82, 2.24) is 0 Å². The molecule has 0 aliphatic rings. The summed E-state index contributed by atoms with van der Waals surface area (Å²) in [5.41, 5.74) is 1.98. The highest BCUT2D eigenvalue weighted by molar-refractivity contribution is 6.15. The van der Waals surface area contributed by atoms with E-state index in [-0.39, 0.29) is 42.2 Å². The average molecular weight is 446 g/mol. The van der Waals surface area contributed by atoms with Gasteiger partial charge in [0.15, 0.2) is 5.78 Å². The largest absolute Gasteiger partial charge is 0.462 e. The molecule has 1 N–H and O–H groups in total. The van der Waals surface area contributed by atoms with E-state index in [4.69, 9.17) is 4.74 Å². The van der Waals surface area contributed by atoms with E-state index in [1.165, 1.54) is 23.1 Å². The number of hydrogen-bond donors (Lipinski definition) is 1. The van der Waals surface area contributed by atoms with Crippen LogP contribution >= 0.6 is 0 Å². The standard InChI is InChI=1S/C27H27NO5/c1-3-24(29)26(31)28(18-19-11-7-5-8-12-19)23-17-21(27(32)33-4-2)15-16-22(23)25(30)20-13-9-6-10-14-20/h5-17,24,29H,3-4,18H2,1-2H3. The Kier molecular flexibility index (Phi) is 8.11. The van der Waals surface area contributed by atoms with Gasteiger partial charge in [0.25, 0.3) is 5.91 Å². The molecule has 0 aliphatic carbocycles. The molecule has 0 aromatic heterocycles. The van der Waals surface area contributed by atoms with E-state index < -0.39 is 18.0 Å². The molecule has 6 heteroatoms. The molecular weight excluding hydrogens is 418 g/mol. The molecule has 3 rings (SSSR count). The number of benzene rings is 3. The molecule has 1 atom stereocenters. The predicted molar refractivity (Wildman–Crippen MR) is 126 cm³/mol. The zero-order chi connectivity index (χ0) is 23.8. The summed E-state index contributed by atoms with van der Waals surface area (Å²) in [7, 11) is 0. The van der Waals surface area contributed by atoms with Gasteiger partial charge in [-0.05, 0) is 37.1 Å². The molecule has 0 fully saturated rings.